The Hall–Kier alpha value is -1.18. The fourth-order valence-corrected chi connectivity index (χ4v) is 5.11. The Morgan fingerprint density at radius 1 is 1.30 bits per heavy atom. The highest BCUT2D eigenvalue weighted by Gasteiger charge is 2.40. The summed E-state index contributed by atoms with van der Waals surface area (Å²) >= 11 is 0. The summed E-state index contributed by atoms with van der Waals surface area (Å²) in [6.45, 7) is 7.53. The molecule has 7 heteroatoms. The Bertz CT molecular complexity index is 654. The van der Waals surface area contributed by atoms with E-state index in [1.54, 1.807) is 18.3 Å². The largest absolute Gasteiger partial charge is 0.355 e. The third kappa shape index (κ3) is 3.51. The summed E-state index contributed by atoms with van der Waals surface area (Å²) in [5, 5.41) is 3.41. The first-order valence-corrected chi connectivity index (χ1v) is 9.83. The van der Waals surface area contributed by atoms with Crippen LogP contribution in [0.3, 0.4) is 0 Å². The van der Waals surface area contributed by atoms with Crippen LogP contribution < -0.4 is 14.9 Å². The molecule has 2 N–H and O–H groups in total. The van der Waals surface area contributed by atoms with Crippen molar-refractivity contribution < 1.29 is 8.42 Å². The summed E-state index contributed by atoms with van der Waals surface area (Å²) < 4.78 is 27.9. The van der Waals surface area contributed by atoms with E-state index in [1.807, 2.05) is 13.8 Å². The van der Waals surface area contributed by atoms with Gasteiger partial charge in [0.15, 0.2) is 0 Å². The number of piperidine rings is 1. The molecule has 1 aromatic rings. The molecule has 6 nitrogen and oxygen atoms in total. The molecule has 2 saturated heterocycles. The third-order valence-electron chi connectivity index (χ3n) is 4.83. The summed E-state index contributed by atoms with van der Waals surface area (Å²) in [5.74, 6) is 0.594. The Morgan fingerprint density at radius 3 is 2.74 bits per heavy atom. The van der Waals surface area contributed by atoms with Crippen molar-refractivity contribution in [2.75, 3.05) is 31.1 Å². The summed E-state index contributed by atoms with van der Waals surface area (Å²) in [6.07, 6.45) is 5.10. The molecule has 0 atom stereocenters. The molecule has 128 valence electrons. The lowest BCUT2D eigenvalue weighted by Gasteiger charge is -2.34. The first-order valence-electron chi connectivity index (χ1n) is 8.35. The zero-order chi connectivity index (χ0) is 16.5. The van der Waals surface area contributed by atoms with Crippen molar-refractivity contribution in [1.82, 2.24) is 15.0 Å². The normalized spacial score (nSPS) is 21.3. The van der Waals surface area contributed by atoms with Crippen molar-refractivity contribution in [2.45, 2.75) is 44.0 Å². The second kappa shape index (κ2) is 6.37. The van der Waals surface area contributed by atoms with E-state index in [4.69, 9.17) is 0 Å². The molecule has 0 radical (unpaired) electrons. The van der Waals surface area contributed by atoms with Gasteiger partial charge in [-0.15, -0.1) is 0 Å². The molecular weight excluding hydrogens is 312 g/mol. The van der Waals surface area contributed by atoms with Gasteiger partial charge in [-0.2, -0.15) is 0 Å². The maximum absolute atomic E-state index is 12.6. The minimum Gasteiger partial charge on any atom is -0.355 e. The van der Waals surface area contributed by atoms with Crippen LogP contribution in [0.15, 0.2) is 23.2 Å². The maximum Gasteiger partial charge on any atom is 0.244 e. The van der Waals surface area contributed by atoms with Crippen molar-refractivity contribution in [3.63, 3.8) is 0 Å². The van der Waals surface area contributed by atoms with E-state index >= 15 is 0 Å². The molecule has 0 amide bonds. The molecule has 0 unspecified atom stereocenters. The molecule has 2 aliphatic heterocycles. The Kier molecular flexibility index (Phi) is 4.62. The molecule has 3 rings (SSSR count). The SMILES string of the molecule is CC(C)NS(=O)(=O)c1cccnc1N1CCC2(CCNCC2)C1. The highest BCUT2D eigenvalue weighted by Crippen LogP contribution is 2.41. The second-order valence-corrected chi connectivity index (χ2v) is 8.71. The number of sulfonamides is 1. The molecule has 1 spiro atoms. The van der Waals surface area contributed by atoms with E-state index in [2.05, 4.69) is 19.9 Å². The lowest BCUT2D eigenvalue weighted by atomic mass is 9.78. The fraction of sp³-hybridized carbons (Fsp3) is 0.688. The van der Waals surface area contributed by atoms with Gasteiger partial charge in [-0.1, -0.05) is 0 Å². The fourth-order valence-electron chi connectivity index (χ4n) is 3.68. The van der Waals surface area contributed by atoms with Crippen LogP contribution in [-0.4, -0.2) is 45.6 Å². The number of hydrogen-bond acceptors (Lipinski definition) is 5. The highest BCUT2D eigenvalue weighted by molar-refractivity contribution is 7.89. The lowest BCUT2D eigenvalue weighted by Crippen LogP contribution is -2.39. The van der Waals surface area contributed by atoms with Crippen LogP contribution in [-0.2, 0) is 10.0 Å². The van der Waals surface area contributed by atoms with Crippen LogP contribution in [0.25, 0.3) is 0 Å². The van der Waals surface area contributed by atoms with Gasteiger partial charge in [-0.25, -0.2) is 18.1 Å². The predicted octanol–water partition coefficient (Wildman–Crippen LogP) is 1.35. The molecule has 3 heterocycles. The molecule has 0 bridgehead atoms. The number of pyridine rings is 1. The van der Waals surface area contributed by atoms with Gasteiger partial charge >= 0.3 is 0 Å². The summed E-state index contributed by atoms with van der Waals surface area (Å²) in [6, 6.07) is 3.21. The van der Waals surface area contributed by atoms with Gasteiger partial charge in [0.1, 0.15) is 10.7 Å². The average Bonchev–Trinajstić information content (AvgIpc) is 2.90. The van der Waals surface area contributed by atoms with Crippen molar-refractivity contribution in [1.29, 1.82) is 0 Å². The highest BCUT2D eigenvalue weighted by atomic mass is 32.2. The van der Waals surface area contributed by atoms with Gasteiger partial charge in [0, 0.05) is 25.3 Å². The summed E-state index contributed by atoms with van der Waals surface area (Å²) in [4.78, 5) is 6.85. The minimum absolute atomic E-state index is 0.137. The predicted molar refractivity (Wildman–Crippen MR) is 91.1 cm³/mol. The van der Waals surface area contributed by atoms with Crippen LogP contribution >= 0.6 is 0 Å². The van der Waals surface area contributed by atoms with E-state index in [9.17, 15) is 8.42 Å². The van der Waals surface area contributed by atoms with E-state index in [1.165, 1.54) is 0 Å². The smallest absolute Gasteiger partial charge is 0.244 e. The summed E-state index contributed by atoms with van der Waals surface area (Å²) in [7, 11) is -3.54. The molecule has 0 aromatic carbocycles. The van der Waals surface area contributed by atoms with Crippen LogP contribution in [0.4, 0.5) is 5.82 Å². The maximum atomic E-state index is 12.6. The molecule has 0 aliphatic carbocycles. The quantitative estimate of drug-likeness (QED) is 0.867. The van der Waals surface area contributed by atoms with Gasteiger partial charge in [-0.05, 0) is 63.7 Å². The van der Waals surface area contributed by atoms with Crippen LogP contribution in [0, 0.1) is 5.41 Å². The molecule has 2 aliphatic rings. The lowest BCUT2D eigenvalue weighted by molar-refractivity contribution is 0.232. The van der Waals surface area contributed by atoms with E-state index < -0.39 is 10.0 Å². The summed E-state index contributed by atoms with van der Waals surface area (Å²) in [5.41, 5.74) is 0.315. The molecule has 1 aromatic heterocycles. The zero-order valence-corrected chi connectivity index (χ0v) is 14.7. The van der Waals surface area contributed by atoms with Crippen molar-refractivity contribution in [2.24, 2.45) is 5.41 Å². The topological polar surface area (TPSA) is 74.3 Å². The first kappa shape index (κ1) is 16.7. The average molecular weight is 338 g/mol. The van der Waals surface area contributed by atoms with E-state index in [0.29, 0.717) is 16.1 Å². The van der Waals surface area contributed by atoms with Crippen molar-refractivity contribution in [3.05, 3.63) is 18.3 Å². The van der Waals surface area contributed by atoms with Gasteiger partial charge in [0.2, 0.25) is 10.0 Å². The van der Waals surface area contributed by atoms with Gasteiger partial charge in [-0.3, -0.25) is 0 Å². The molecular formula is C16H26N4O2S. The van der Waals surface area contributed by atoms with Gasteiger partial charge < -0.3 is 10.2 Å². The number of anilines is 1. The van der Waals surface area contributed by atoms with Crippen LogP contribution in [0.1, 0.15) is 33.1 Å². The third-order valence-corrected chi connectivity index (χ3v) is 6.51. The zero-order valence-electron chi connectivity index (χ0n) is 13.9. The monoisotopic (exact) mass is 338 g/mol. The van der Waals surface area contributed by atoms with E-state index in [-0.39, 0.29) is 6.04 Å². The van der Waals surface area contributed by atoms with Gasteiger partial charge in [0.05, 0.1) is 0 Å². The van der Waals surface area contributed by atoms with E-state index in [0.717, 1.165) is 45.4 Å². The number of aromatic nitrogens is 1. The van der Waals surface area contributed by atoms with Crippen LogP contribution in [0.2, 0.25) is 0 Å². The van der Waals surface area contributed by atoms with Crippen molar-refractivity contribution in [3.8, 4) is 0 Å². The van der Waals surface area contributed by atoms with Gasteiger partial charge in [0.25, 0.3) is 0 Å². The number of rotatable bonds is 4. The first-order chi connectivity index (χ1) is 10.9. The molecule has 2 fully saturated rings. The second-order valence-electron chi connectivity index (χ2n) is 7.02. The Morgan fingerprint density at radius 2 is 2.04 bits per heavy atom. The Labute approximate surface area is 138 Å². The number of hydrogen-bond donors (Lipinski definition) is 2. The number of nitrogens with zero attached hydrogens (tertiary/aromatic N) is 2. The van der Waals surface area contributed by atoms with Crippen molar-refractivity contribution >= 4 is 15.8 Å². The number of nitrogens with one attached hydrogen (secondary N) is 2. The van der Waals surface area contributed by atoms with Crippen LogP contribution in [0.5, 0.6) is 0 Å². The molecule has 0 saturated carbocycles. The Balaban J connectivity index is 1.87. The standard InChI is InChI=1S/C16H26N4O2S/c1-13(2)19-23(21,22)14-4-3-8-18-15(14)20-11-7-16(12-20)5-9-17-10-6-16/h3-4,8,13,17,19H,5-7,9-12H2,1-2H3. The minimum atomic E-state index is -3.54. The molecule has 23 heavy (non-hydrogen) atoms.